The van der Waals surface area contributed by atoms with Crippen LogP contribution in [0.1, 0.15) is 11.1 Å². The first kappa shape index (κ1) is 33.8. The molecule has 0 radical (unpaired) electrons. The molecule has 0 N–H and O–H groups in total. The molecule has 9 aromatic carbocycles. The van der Waals surface area contributed by atoms with Crippen LogP contribution in [0.15, 0.2) is 194 Å². The van der Waals surface area contributed by atoms with Crippen molar-refractivity contribution in [1.29, 1.82) is 0 Å². The van der Waals surface area contributed by atoms with Gasteiger partial charge in [0.25, 0.3) is 0 Å². The lowest BCUT2D eigenvalue weighted by Crippen LogP contribution is -2.00. The van der Waals surface area contributed by atoms with Gasteiger partial charge in [0.2, 0.25) is 0 Å². The van der Waals surface area contributed by atoms with Crippen LogP contribution in [0.2, 0.25) is 0 Å². The normalized spacial score (nSPS) is 11.6. The van der Waals surface area contributed by atoms with Gasteiger partial charge in [0.05, 0.1) is 22.1 Å². The van der Waals surface area contributed by atoms with Crippen molar-refractivity contribution < 1.29 is 0 Å². The van der Waals surface area contributed by atoms with E-state index in [1.807, 2.05) is 0 Å². The molecule has 0 saturated carbocycles. The van der Waals surface area contributed by atoms with Crippen molar-refractivity contribution in [2.45, 2.75) is 13.8 Å². The maximum Gasteiger partial charge on any atom is 0.145 e. The molecule has 0 amide bonds. The summed E-state index contributed by atoms with van der Waals surface area (Å²) in [5.41, 5.74) is 15.6. The molecule has 0 aliphatic rings. The fourth-order valence-electron chi connectivity index (χ4n) is 8.77. The van der Waals surface area contributed by atoms with E-state index in [-0.39, 0.29) is 0 Å². The van der Waals surface area contributed by atoms with Gasteiger partial charge in [-0.2, -0.15) is 0 Å². The Labute approximate surface area is 337 Å². The predicted molar refractivity (Wildman–Crippen MR) is 242 cm³/mol. The number of imidazole rings is 2. The van der Waals surface area contributed by atoms with Gasteiger partial charge in [0.1, 0.15) is 11.6 Å². The van der Waals surface area contributed by atoms with Gasteiger partial charge in [-0.3, -0.25) is 9.13 Å². The number of hydrogen-bond acceptors (Lipinski definition) is 2. The summed E-state index contributed by atoms with van der Waals surface area (Å²) in [6, 6.07) is 69.8. The molecule has 58 heavy (non-hydrogen) atoms. The average molecular weight is 743 g/mol. The van der Waals surface area contributed by atoms with Crippen LogP contribution in [-0.2, 0) is 0 Å². The van der Waals surface area contributed by atoms with Crippen molar-refractivity contribution in [3.8, 4) is 56.4 Å². The minimum atomic E-state index is 0.924. The molecule has 0 aliphatic heterocycles. The van der Waals surface area contributed by atoms with Gasteiger partial charge < -0.3 is 0 Å². The lowest BCUT2D eigenvalue weighted by Gasteiger charge is -2.21. The Hall–Kier alpha value is -7.56. The second-order valence-electron chi connectivity index (χ2n) is 15.2. The zero-order chi connectivity index (χ0) is 38.7. The summed E-state index contributed by atoms with van der Waals surface area (Å²) in [7, 11) is 0. The molecule has 0 aliphatic carbocycles. The monoisotopic (exact) mass is 742 g/mol. The van der Waals surface area contributed by atoms with E-state index in [0.29, 0.717) is 0 Å². The molecule has 0 saturated heterocycles. The molecule has 4 heteroatoms. The first-order valence-corrected chi connectivity index (χ1v) is 19.8. The zero-order valence-corrected chi connectivity index (χ0v) is 32.3. The summed E-state index contributed by atoms with van der Waals surface area (Å²) in [6.07, 6.45) is 0. The fourth-order valence-corrected chi connectivity index (χ4v) is 8.77. The quantitative estimate of drug-likeness (QED) is 0.159. The van der Waals surface area contributed by atoms with Crippen LogP contribution >= 0.6 is 0 Å². The highest BCUT2D eigenvalue weighted by atomic mass is 15.1. The summed E-state index contributed by atoms with van der Waals surface area (Å²) in [5, 5.41) is 4.75. The second-order valence-corrected chi connectivity index (χ2v) is 15.2. The molecule has 0 atom stereocenters. The summed E-state index contributed by atoms with van der Waals surface area (Å²) >= 11 is 0. The first-order valence-electron chi connectivity index (χ1n) is 19.8. The molecule has 11 rings (SSSR count). The van der Waals surface area contributed by atoms with Crippen molar-refractivity contribution in [2.24, 2.45) is 0 Å². The van der Waals surface area contributed by atoms with E-state index >= 15 is 0 Å². The van der Waals surface area contributed by atoms with E-state index in [1.54, 1.807) is 0 Å². The molecular weight excluding hydrogens is 705 g/mol. The standard InChI is InChI=1S/C54H38N4/c1-35-23-29-47-49(31-35)57(53(55-47)39-19-11-5-12-20-39)41-25-27-43-45(33-41)51(37-15-7-3-8-16-37)44-28-26-42(34-46(44)52(43)38-17-9-4-10-18-38)58-50-32-36(2)24-30-48(50)56-54(58)40-21-13-6-14-22-40/h3-34H,1-2H3. The molecule has 2 aromatic heterocycles. The Kier molecular flexibility index (Phi) is 7.90. The summed E-state index contributed by atoms with van der Waals surface area (Å²) in [6.45, 7) is 4.30. The number of aromatic nitrogens is 4. The van der Waals surface area contributed by atoms with Gasteiger partial charge in [-0.05, 0) is 117 Å². The molecule has 2 heterocycles. The minimum Gasteiger partial charge on any atom is -0.292 e. The minimum absolute atomic E-state index is 0.924. The number of rotatable bonds is 6. The van der Waals surface area contributed by atoms with Crippen LogP contribution in [0.4, 0.5) is 0 Å². The number of aryl methyl sites for hydroxylation is 2. The zero-order valence-electron chi connectivity index (χ0n) is 32.3. The largest absolute Gasteiger partial charge is 0.292 e. The Morgan fingerprint density at radius 1 is 0.328 bits per heavy atom. The fraction of sp³-hybridized carbons (Fsp3) is 0.0370. The van der Waals surface area contributed by atoms with E-state index in [9.17, 15) is 0 Å². The SMILES string of the molecule is Cc1ccc2nc(-c3ccccc3)n(-c3ccc4c(-c5ccccc5)c5cc(-n6c(-c7ccccc7)nc7ccc(C)cc76)ccc5c(-c5ccccc5)c4c3)c2c1. The third-order valence-corrected chi connectivity index (χ3v) is 11.4. The topological polar surface area (TPSA) is 35.6 Å². The van der Waals surface area contributed by atoms with Crippen LogP contribution in [-0.4, -0.2) is 19.1 Å². The Bertz CT molecular complexity index is 3100. The van der Waals surface area contributed by atoms with E-state index in [0.717, 1.165) is 56.2 Å². The lowest BCUT2D eigenvalue weighted by molar-refractivity contribution is 1.10. The highest BCUT2D eigenvalue weighted by Crippen LogP contribution is 2.46. The molecule has 4 nitrogen and oxygen atoms in total. The second kappa shape index (κ2) is 13.6. The third-order valence-electron chi connectivity index (χ3n) is 11.4. The number of hydrogen-bond donors (Lipinski definition) is 0. The first-order chi connectivity index (χ1) is 28.6. The maximum atomic E-state index is 5.22. The predicted octanol–water partition coefficient (Wildman–Crippen LogP) is 14.0. The van der Waals surface area contributed by atoms with Crippen LogP contribution in [0.25, 0.3) is 100 Å². The molecule has 0 unspecified atom stereocenters. The molecule has 0 spiro atoms. The van der Waals surface area contributed by atoms with Gasteiger partial charge >= 0.3 is 0 Å². The molecular formula is C54H38N4. The average Bonchev–Trinajstić information content (AvgIpc) is 3.85. The Balaban J connectivity index is 1.25. The van der Waals surface area contributed by atoms with Crippen LogP contribution in [0.3, 0.4) is 0 Å². The third kappa shape index (κ3) is 5.53. The Morgan fingerprint density at radius 2 is 0.690 bits per heavy atom. The lowest BCUT2D eigenvalue weighted by atomic mass is 9.85. The summed E-state index contributed by atoms with van der Waals surface area (Å²) in [4.78, 5) is 10.4. The number of fused-ring (bicyclic) bond motifs is 4. The van der Waals surface area contributed by atoms with Crippen LogP contribution in [0, 0.1) is 13.8 Å². The van der Waals surface area contributed by atoms with Gasteiger partial charge in [-0.15, -0.1) is 0 Å². The van der Waals surface area contributed by atoms with Crippen molar-refractivity contribution in [3.05, 3.63) is 205 Å². The van der Waals surface area contributed by atoms with E-state index in [2.05, 4.69) is 217 Å². The van der Waals surface area contributed by atoms with Gasteiger partial charge in [0, 0.05) is 22.5 Å². The van der Waals surface area contributed by atoms with Gasteiger partial charge in [-0.1, -0.05) is 146 Å². The maximum absolute atomic E-state index is 5.22. The van der Waals surface area contributed by atoms with E-state index in [4.69, 9.17) is 9.97 Å². The van der Waals surface area contributed by atoms with Gasteiger partial charge in [-0.25, -0.2) is 9.97 Å². The van der Waals surface area contributed by atoms with Crippen molar-refractivity contribution in [1.82, 2.24) is 19.1 Å². The van der Waals surface area contributed by atoms with Crippen LogP contribution in [0.5, 0.6) is 0 Å². The number of benzene rings is 9. The highest BCUT2D eigenvalue weighted by Gasteiger charge is 2.22. The molecule has 11 aromatic rings. The summed E-state index contributed by atoms with van der Waals surface area (Å²) < 4.78 is 4.66. The van der Waals surface area contributed by atoms with Crippen molar-refractivity contribution in [2.75, 3.05) is 0 Å². The highest BCUT2D eigenvalue weighted by molar-refractivity contribution is 6.22. The van der Waals surface area contributed by atoms with Gasteiger partial charge in [0.15, 0.2) is 0 Å². The van der Waals surface area contributed by atoms with Crippen molar-refractivity contribution >= 4 is 43.6 Å². The number of nitrogens with zero attached hydrogens (tertiary/aromatic N) is 4. The van der Waals surface area contributed by atoms with Crippen molar-refractivity contribution in [3.63, 3.8) is 0 Å². The van der Waals surface area contributed by atoms with E-state index < -0.39 is 0 Å². The molecule has 274 valence electrons. The molecule has 0 fully saturated rings. The summed E-state index contributed by atoms with van der Waals surface area (Å²) in [5.74, 6) is 1.85. The van der Waals surface area contributed by atoms with E-state index in [1.165, 1.54) is 54.9 Å². The molecule has 0 bridgehead atoms. The smallest absolute Gasteiger partial charge is 0.145 e. The van der Waals surface area contributed by atoms with Crippen LogP contribution < -0.4 is 0 Å². The Morgan fingerprint density at radius 3 is 1.07 bits per heavy atom.